The monoisotopic (exact) mass is 247 g/mol. The number of thiazole rings is 1. The van der Waals surface area contributed by atoms with Crippen LogP contribution >= 0.6 is 22.7 Å². The van der Waals surface area contributed by atoms with Gasteiger partial charge in [-0.15, -0.1) is 11.3 Å². The highest BCUT2D eigenvalue weighted by molar-refractivity contribution is 7.22. The van der Waals surface area contributed by atoms with Gasteiger partial charge in [-0.1, -0.05) is 0 Å². The van der Waals surface area contributed by atoms with Crippen LogP contribution in [0.2, 0.25) is 0 Å². The van der Waals surface area contributed by atoms with Crippen LogP contribution in [0.5, 0.6) is 5.75 Å². The van der Waals surface area contributed by atoms with E-state index in [1.807, 2.05) is 18.2 Å². The normalized spacial score (nSPS) is 10.8. The molecule has 2 heterocycles. The van der Waals surface area contributed by atoms with Gasteiger partial charge >= 0.3 is 0 Å². The molecule has 16 heavy (non-hydrogen) atoms. The maximum absolute atomic E-state index is 5.20. The second-order valence-electron chi connectivity index (χ2n) is 3.36. The maximum Gasteiger partial charge on any atom is 0.125 e. The summed E-state index contributed by atoms with van der Waals surface area (Å²) in [5, 5.41) is 5.27. The molecule has 0 saturated carbocycles. The zero-order chi connectivity index (χ0) is 11.0. The molecule has 2 nitrogen and oxygen atoms in total. The molecule has 80 valence electrons. The summed E-state index contributed by atoms with van der Waals surface area (Å²) in [7, 11) is 1.68. The van der Waals surface area contributed by atoms with E-state index in [9.17, 15) is 0 Å². The lowest BCUT2D eigenvalue weighted by atomic mass is 10.3. The van der Waals surface area contributed by atoms with Gasteiger partial charge in [-0.3, -0.25) is 0 Å². The van der Waals surface area contributed by atoms with Crippen LogP contribution in [0.15, 0.2) is 35.0 Å². The molecule has 0 spiro atoms. The Morgan fingerprint density at radius 3 is 2.94 bits per heavy atom. The Kier molecular flexibility index (Phi) is 2.38. The van der Waals surface area contributed by atoms with Crippen LogP contribution in [0.4, 0.5) is 0 Å². The van der Waals surface area contributed by atoms with Crippen LogP contribution in [0.1, 0.15) is 0 Å². The summed E-state index contributed by atoms with van der Waals surface area (Å²) in [6.45, 7) is 0. The Morgan fingerprint density at radius 2 is 2.19 bits per heavy atom. The number of thiophene rings is 1. The molecule has 3 aromatic rings. The average Bonchev–Trinajstić information content (AvgIpc) is 2.96. The molecule has 0 unspecified atom stereocenters. The first-order valence-corrected chi connectivity index (χ1v) is 6.60. The largest absolute Gasteiger partial charge is 0.497 e. The van der Waals surface area contributed by atoms with Gasteiger partial charge < -0.3 is 4.74 Å². The van der Waals surface area contributed by atoms with Crippen molar-refractivity contribution in [2.24, 2.45) is 0 Å². The molecule has 0 saturated heterocycles. The van der Waals surface area contributed by atoms with Gasteiger partial charge in [-0.05, 0) is 29.6 Å². The summed E-state index contributed by atoms with van der Waals surface area (Å²) >= 11 is 3.39. The molecule has 4 heteroatoms. The minimum atomic E-state index is 0.882. The molecule has 0 aliphatic rings. The van der Waals surface area contributed by atoms with Gasteiger partial charge in [0.2, 0.25) is 0 Å². The molecule has 0 aliphatic carbocycles. The third-order valence-corrected chi connectivity index (χ3v) is 4.11. The number of fused-ring (bicyclic) bond motifs is 1. The summed E-state index contributed by atoms with van der Waals surface area (Å²) in [6, 6.07) is 8.07. The smallest absolute Gasteiger partial charge is 0.125 e. The quantitative estimate of drug-likeness (QED) is 0.682. The minimum absolute atomic E-state index is 0.882. The third kappa shape index (κ3) is 1.60. The van der Waals surface area contributed by atoms with Crippen molar-refractivity contribution in [2.45, 2.75) is 0 Å². The first kappa shape index (κ1) is 9.81. The van der Waals surface area contributed by atoms with Crippen molar-refractivity contribution in [3.05, 3.63) is 35.0 Å². The first-order chi connectivity index (χ1) is 7.86. The van der Waals surface area contributed by atoms with Gasteiger partial charge in [0.25, 0.3) is 0 Å². The van der Waals surface area contributed by atoms with Crippen LogP contribution in [-0.2, 0) is 0 Å². The standard InChI is InChI=1S/C12H9NOS2/c1-14-9-2-3-10-11(6-9)16-12(13-10)8-4-5-15-7-8/h2-7H,1H3. The van der Waals surface area contributed by atoms with E-state index in [2.05, 4.69) is 21.8 Å². The fraction of sp³-hybridized carbons (Fsp3) is 0.0833. The van der Waals surface area contributed by atoms with Crippen LogP contribution < -0.4 is 4.74 Å². The predicted octanol–water partition coefficient (Wildman–Crippen LogP) is 4.03. The van der Waals surface area contributed by atoms with E-state index in [1.165, 1.54) is 10.3 Å². The summed E-state index contributed by atoms with van der Waals surface area (Å²) < 4.78 is 6.37. The van der Waals surface area contributed by atoms with E-state index in [1.54, 1.807) is 29.8 Å². The van der Waals surface area contributed by atoms with Crippen molar-refractivity contribution >= 4 is 32.9 Å². The molecule has 0 aliphatic heterocycles. The van der Waals surface area contributed by atoms with E-state index in [0.29, 0.717) is 0 Å². The molecular formula is C12H9NOS2. The third-order valence-electron chi connectivity index (χ3n) is 2.36. The van der Waals surface area contributed by atoms with E-state index in [-0.39, 0.29) is 0 Å². The highest BCUT2D eigenvalue weighted by Crippen LogP contribution is 2.32. The second-order valence-corrected chi connectivity index (χ2v) is 5.18. The second kappa shape index (κ2) is 3.88. The molecule has 3 rings (SSSR count). The summed E-state index contributed by atoms with van der Waals surface area (Å²) in [6.07, 6.45) is 0. The highest BCUT2D eigenvalue weighted by Gasteiger charge is 2.07. The van der Waals surface area contributed by atoms with E-state index < -0.39 is 0 Å². The maximum atomic E-state index is 5.20. The number of hydrogen-bond donors (Lipinski definition) is 0. The highest BCUT2D eigenvalue weighted by atomic mass is 32.1. The van der Waals surface area contributed by atoms with Crippen LogP contribution in [-0.4, -0.2) is 12.1 Å². The number of hydrogen-bond acceptors (Lipinski definition) is 4. The molecule has 0 amide bonds. The van der Waals surface area contributed by atoms with Crippen molar-refractivity contribution in [1.82, 2.24) is 4.98 Å². The number of rotatable bonds is 2. The number of aromatic nitrogens is 1. The van der Waals surface area contributed by atoms with Crippen LogP contribution in [0.3, 0.4) is 0 Å². The van der Waals surface area contributed by atoms with E-state index >= 15 is 0 Å². The van der Waals surface area contributed by atoms with Crippen molar-refractivity contribution in [1.29, 1.82) is 0 Å². The molecule has 0 atom stereocenters. The minimum Gasteiger partial charge on any atom is -0.497 e. The van der Waals surface area contributed by atoms with Gasteiger partial charge in [-0.2, -0.15) is 11.3 Å². The Bertz CT molecular complexity index is 613. The van der Waals surface area contributed by atoms with E-state index in [0.717, 1.165) is 16.3 Å². The summed E-state index contributed by atoms with van der Waals surface area (Å²) in [5.41, 5.74) is 2.23. The molecule has 1 aromatic carbocycles. The van der Waals surface area contributed by atoms with Crippen molar-refractivity contribution in [3.63, 3.8) is 0 Å². The van der Waals surface area contributed by atoms with Crippen molar-refractivity contribution in [3.8, 4) is 16.3 Å². The molecule has 0 radical (unpaired) electrons. The Balaban J connectivity index is 2.16. The predicted molar refractivity (Wildman–Crippen MR) is 69.5 cm³/mol. The summed E-state index contributed by atoms with van der Waals surface area (Å²) in [5.74, 6) is 0.882. The molecule has 0 fully saturated rings. The molecule has 0 N–H and O–H groups in total. The van der Waals surface area contributed by atoms with Crippen molar-refractivity contribution < 1.29 is 4.74 Å². The zero-order valence-corrected chi connectivity index (χ0v) is 10.3. The Labute approximate surface area is 101 Å². The van der Waals surface area contributed by atoms with E-state index in [4.69, 9.17) is 4.74 Å². The number of ether oxygens (including phenoxy) is 1. The topological polar surface area (TPSA) is 22.1 Å². The molecular weight excluding hydrogens is 238 g/mol. The van der Waals surface area contributed by atoms with Gasteiger partial charge in [0.05, 0.1) is 17.3 Å². The van der Waals surface area contributed by atoms with Crippen LogP contribution in [0.25, 0.3) is 20.8 Å². The van der Waals surface area contributed by atoms with Gasteiger partial charge in [0.1, 0.15) is 10.8 Å². The number of nitrogens with zero attached hydrogens (tertiary/aromatic N) is 1. The van der Waals surface area contributed by atoms with Gasteiger partial charge in [0.15, 0.2) is 0 Å². The lowest BCUT2D eigenvalue weighted by Gasteiger charge is -1.96. The first-order valence-electron chi connectivity index (χ1n) is 4.84. The molecule has 2 aromatic heterocycles. The lowest BCUT2D eigenvalue weighted by molar-refractivity contribution is 0.415. The van der Waals surface area contributed by atoms with Crippen molar-refractivity contribution in [2.75, 3.05) is 7.11 Å². The lowest BCUT2D eigenvalue weighted by Crippen LogP contribution is -1.80. The molecule has 0 bridgehead atoms. The average molecular weight is 247 g/mol. The Hall–Kier alpha value is -1.39. The fourth-order valence-corrected chi connectivity index (χ4v) is 3.25. The van der Waals surface area contributed by atoms with Gasteiger partial charge in [-0.25, -0.2) is 4.98 Å². The van der Waals surface area contributed by atoms with Gasteiger partial charge in [0, 0.05) is 10.9 Å². The number of methoxy groups -OCH3 is 1. The SMILES string of the molecule is COc1ccc2nc(-c3ccsc3)sc2c1. The zero-order valence-electron chi connectivity index (χ0n) is 8.64. The van der Waals surface area contributed by atoms with Crippen LogP contribution in [0, 0.1) is 0 Å². The fourth-order valence-electron chi connectivity index (χ4n) is 1.54. The number of benzene rings is 1. The Morgan fingerprint density at radius 1 is 1.25 bits per heavy atom. The summed E-state index contributed by atoms with van der Waals surface area (Å²) in [4.78, 5) is 4.60.